The van der Waals surface area contributed by atoms with Crippen LogP contribution in [-0.4, -0.2) is 28.7 Å². The molecule has 0 radical (unpaired) electrons. The van der Waals surface area contributed by atoms with Crippen molar-refractivity contribution in [1.82, 2.24) is 10.2 Å². The highest BCUT2D eigenvalue weighted by Crippen LogP contribution is 2.31. The van der Waals surface area contributed by atoms with Crippen molar-refractivity contribution in [3.05, 3.63) is 32.4 Å². The topological polar surface area (TPSA) is 90.3 Å². The smallest absolute Gasteiger partial charge is 0.256 e. The molecule has 1 fully saturated rings. The highest BCUT2D eigenvalue weighted by molar-refractivity contribution is 14.1. The number of carbonyl (C=O) groups is 3. The quantitative estimate of drug-likeness (QED) is 0.566. The number of hydrogen-bond acceptors (Lipinski definition) is 4. The largest absolute Gasteiger partial charge is 0.322 e. The number of amides is 3. The van der Waals surface area contributed by atoms with Crippen LogP contribution in [0.4, 0.5) is 0 Å². The second kappa shape index (κ2) is 5.11. The molecule has 3 rings (SSSR count). The van der Waals surface area contributed by atoms with E-state index in [9.17, 15) is 19.6 Å². The summed E-state index contributed by atoms with van der Waals surface area (Å²) < 4.78 is 0.876. The highest BCUT2D eigenvalue weighted by atomic mass is 127. The molecule has 21 heavy (non-hydrogen) atoms. The molecule has 3 amide bonds. The van der Waals surface area contributed by atoms with Gasteiger partial charge >= 0.3 is 0 Å². The van der Waals surface area contributed by atoms with Crippen LogP contribution in [0.1, 0.15) is 34.3 Å². The number of fused-ring (bicyclic) bond motifs is 1. The zero-order valence-corrected chi connectivity index (χ0v) is 13.0. The number of rotatable bonds is 1. The summed E-state index contributed by atoms with van der Waals surface area (Å²) in [5.41, 5.74) is 1.47. The normalized spacial score (nSPS) is 21.0. The Kier molecular flexibility index (Phi) is 3.41. The van der Waals surface area contributed by atoms with Crippen molar-refractivity contribution >= 4 is 40.3 Å². The number of nitrogens with one attached hydrogen (secondary N) is 1. The average Bonchev–Trinajstić information content (AvgIpc) is 2.75. The van der Waals surface area contributed by atoms with Gasteiger partial charge in [-0.3, -0.25) is 19.7 Å². The van der Waals surface area contributed by atoms with Crippen LogP contribution in [-0.2, 0) is 16.1 Å². The first-order chi connectivity index (χ1) is 10.0. The first kappa shape index (κ1) is 14.0. The van der Waals surface area contributed by atoms with E-state index < -0.39 is 11.9 Å². The zero-order valence-electron chi connectivity index (χ0n) is 10.9. The molecule has 0 aliphatic carbocycles. The van der Waals surface area contributed by atoms with Crippen molar-refractivity contribution in [1.29, 1.82) is 5.26 Å². The molecule has 0 spiro atoms. The average molecular weight is 395 g/mol. The van der Waals surface area contributed by atoms with E-state index in [1.165, 1.54) is 4.90 Å². The maximum Gasteiger partial charge on any atom is 0.256 e. The summed E-state index contributed by atoms with van der Waals surface area (Å²) >= 11 is 2.09. The van der Waals surface area contributed by atoms with Crippen molar-refractivity contribution in [2.24, 2.45) is 0 Å². The molecule has 6 nitrogen and oxygen atoms in total. The summed E-state index contributed by atoms with van der Waals surface area (Å²) in [4.78, 5) is 37.1. The SMILES string of the molecule is N#Cc1cc(I)cc2c1C(=O)N(C1CCC(=O)NC1=O)C2. The number of nitrogens with zero attached hydrogens (tertiary/aromatic N) is 2. The molecule has 1 atom stereocenters. The summed E-state index contributed by atoms with van der Waals surface area (Å²) in [5.74, 6) is -1.07. The Balaban J connectivity index is 1.96. The summed E-state index contributed by atoms with van der Waals surface area (Å²) in [7, 11) is 0. The molecule has 0 saturated carbocycles. The van der Waals surface area contributed by atoms with Gasteiger partial charge in [-0.2, -0.15) is 5.26 Å². The van der Waals surface area contributed by atoms with Crippen LogP contribution in [0.2, 0.25) is 0 Å². The van der Waals surface area contributed by atoms with Crippen LogP contribution in [0.15, 0.2) is 12.1 Å². The molecule has 0 bridgehead atoms. The Morgan fingerprint density at radius 3 is 2.76 bits per heavy atom. The van der Waals surface area contributed by atoms with Crippen LogP contribution in [0.5, 0.6) is 0 Å². The molecule has 2 aliphatic heterocycles. The van der Waals surface area contributed by atoms with E-state index in [-0.39, 0.29) is 18.2 Å². The van der Waals surface area contributed by atoms with Gasteiger partial charge in [0, 0.05) is 16.5 Å². The Morgan fingerprint density at radius 1 is 1.33 bits per heavy atom. The Morgan fingerprint density at radius 2 is 2.10 bits per heavy atom. The highest BCUT2D eigenvalue weighted by Gasteiger charge is 2.40. The fraction of sp³-hybridized carbons (Fsp3) is 0.286. The summed E-state index contributed by atoms with van der Waals surface area (Å²) in [6.45, 7) is 0.298. The molecule has 7 heteroatoms. The van der Waals surface area contributed by atoms with Gasteiger partial charge in [0.15, 0.2) is 0 Å². The third-order valence-corrected chi connectivity index (χ3v) is 4.33. The van der Waals surface area contributed by atoms with Gasteiger partial charge in [-0.05, 0) is 46.7 Å². The number of halogens is 1. The van der Waals surface area contributed by atoms with Crippen molar-refractivity contribution in [3.8, 4) is 6.07 Å². The van der Waals surface area contributed by atoms with Gasteiger partial charge in [0.25, 0.3) is 5.91 Å². The van der Waals surface area contributed by atoms with Gasteiger partial charge in [0.2, 0.25) is 11.8 Å². The number of imide groups is 1. The van der Waals surface area contributed by atoms with Crippen LogP contribution in [0, 0.1) is 14.9 Å². The molecule has 1 unspecified atom stereocenters. The monoisotopic (exact) mass is 395 g/mol. The summed E-state index contributed by atoms with van der Waals surface area (Å²) in [6.07, 6.45) is 0.544. The lowest BCUT2D eigenvalue weighted by atomic mass is 10.0. The molecule has 1 N–H and O–H groups in total. The maximum absolute atomic E-state index is 12.5. The maximum atomic E-state index is 12.5. The number of carbonyl (C=O) groups excluding carboxylic acids is 3. The van der Waals surface area contributed by atoms with Crippen LogP contribution in [0.25, 0.3) is 0 Å². The van der Waals surface area contributed by atoms with E-state index in [2.05, 4.69) is 27.9 Å². The van der Waals surface area contributed by atoms with Gasteiger partial charge in [-0.25, -0.2) is 0 Å². The molecule has 1 aromatic carbocycles. The van der Waals surface area contributed by atoms with Crippen LogP contribution < -0.4 is 5.32 Å². The van der Waals surface area contributed by atoms with Gasteiger partial charge in [0.05, 0.1) is 11.1 Å². The molecule has 2 aliphatic rings. The minimum absolute atomic E-state index is 0.221. The Labute approximate surface area is 134 Å². The standard InChI is InChI=1S/C14H10IN3O3/c15-9-3-7(5-16)12-8(4-9)6-18(14(12)21)10-1-2-11(19)17-13(10)20/h3-4,10H,1-2,6H2,(H,17,19,20). The van der Waals surface area contributed by atoms with E-state index in [1.807, 2.05) is 12.1 Å². The van der Waals surface area contributed by atoms with E-state index in [0.717, 1.165) is 9.13 Å². The zero-order chi connectivity index (χ0) is 15.1. The molecule has 1 saturated heterocycles. The summed E-state index contributed by atoms with van der Waals surface area (Å²) in [6, 6.07) is 4.89. The second-order valence-corrected chi connectivity index (χ2v) is 6.24. The van der Waals surface area contributed by atoms with E-state index in [1.54, 1.807) is 6.07 Å². The lowest BCUT2D eigenvalue weighted by Gasteiger charge is -2.29. The van der Waals surface area contributed by atoms with E-state index >= 15 is 0 Å². The third-order valence-electron chi connectivity index (χ3n) is 3.71. The fourth-order valence-corrected chi connectivity index (χ4v) is 3.45. The van der Waals surface area contributed by atoms with Gasteiger partial charge in [-0.1, -0.05) is 0 Å². The van der Waals surface area contributed by atoms with Crippen molar-refractivity contribution in [2.75, 3.05) is 0 Å². The fourth-order valence-electron chi connectivity index (χ4n) is 2.76. The lowest BCUT2D eigenvalue weighted by molar-refractivity contribution is -0.136. The molecule has 2 heterocycles. The Bertz CT molecular complexity index is 723. The minimum Gasteiger partial charge on any atom is -0.322 e. The van der Waals surface area contributed by atoms with Gasteiger partial charge in [0.1, 0.15) is 12.1 Å². The number of nitriles is 1. The predicted octanol–water partition coefficient (Wildman–Crippen LogP) is 0.924. The van der Waals surface area contributed by atoms with Crippen molar-refractivity contribution in [2.45, 2.75) is 25.4 Å². The molecule has 106 valence electrons. The van der Waals surface area contributed by atoms with Gasteiger partial charge < -0.3 is 4.90 Å². The number of benzene rings is 1. The number of piperidine rings is 1. The predicted molar refractivity (Wildman–Crippen MR) is 79.9 cm³/mol. The van der Waals surface area contributed by atoms with E-state index in [4.69, 9.17) is 0 Å². The van der Waals surface area contributed by atoms with Gasteiger partial charge in [-0.15, -0.1) is 0 Å². The second-order valence-electron chi connectivity index (χ2n) is 5.00. The summed E-state index contributed by atoms with van der Waals surface area (Å²) in [5, 5.41) is 11.4. The molecular formula is C14H10IN3O3. The van der Waals surface area contributed by atoms with Crippen LogP contribution >= 0.6 is 22.6 Å². The molecular weight excluding hydrogens is 385 g/mol. The van der Waals surface area contributed by atoms with Crippen molar-refractivity contribution < 1.29 is 14.4 Å². The third kappa shape index (κ3) is 2.29. The number of hydrogen-bond donors (Lipinski definition) is 1. The first-order valence-corrected chi connectivity index (χ1v) is 7.46. The molecule has 1 aromatic rings. The van der Waals surface area contributed by atoms with E-state index in [0.29, 0.717) is 24.1 Å². The molecule has 0 aromatic heterocycles. The Hall–Kier alpha value is -1.95. The minimum atomic E-state index is -0.646. The first-order valence-electron chi connectivity index (χ1n) is 6.38. The lowest BCUT2D eigenvalue weighted by Crippen LogP contribution is -2.52. The van der Waals surface area contributed by atoms with Crippen LogP contribution in [0.3, 0.4) is 0 Å². The van der Waals surface area contributed by atoms with Crippen molar-refractivity contribution in [3.63, 3.8) is 0 Å².